The Kier molecular flexibility index (Phi) is 4.63. The number of morpholine rings is 1. The molecule has 0 aromatic heterocycles. The number of oxime groups is 1. The third kappa shape index (κ3) is 2.83. The van der Waals surface area contributed by atoms with Crippen molar-refractivity contribution in [3.05, 3.63) is 0 Å². The summed E-state index contributed by atoms with van der Waals surface area (Å²) in [6, 6.07) is 0.173. The lowest BCUT2D eigenvalue weighted by Gasteiger charge is -2.39. The van der Waals surface area contributed by atoms with Crippen LogP contribution in [0, 0.1) is 5.92 Å². The SMILES string of the molecule is CCCC(C(=O)N1CCOC2CCCC21)C(N)=NO. The molecule has 0 bridgehead atoms. The summed E-state index contributed by atoms with van der Waals surface area (Å²) in [6.07, 6.45) is 4.73. The molecule has 0 spiro atoms. The molecule has 108 valence electrons. The monoisotopic (exact) mass is 269 g/mol. The first-order chi connectivity index (χ1) is 9.19. The average molecular weight is 269 g/mol. The van der Waals surface area contributed by atoms with Crippen LogP contribution in [0.3, 0.4) is 0 Å². The fourth-order valence-corrected chi connectivity index (χ4v) is 3.16. The van der Waals surface area contributed by atoms with Crippen LogP contribution in [0.2, 0.25) is 0 Å². The molecule has 3 unspecified atom stereocenters. The van der Waals surface area contributed by atoms with Gasteiger partial charge in [0, 0.05) is 6.54 Å². The summed E-state index contributed by atoms with van der Waals surface area (Å²) in [5.74, 6) is -0.500. The molecule has 19 heavy (non-hydrogen) atoms. The molecule has 6 heteroatoms. The number of carbonyl (C=O) groups excluding carboxylic acids is 1. The lowest BCUT2D eigenvalue weighted by Crippen LogP contribution is -2.54. The highest BCUT2D eigenvalue weighted by atomic mass is 16.5. The summed E-state index contributed by atoms with van der Waals surface area (Å²) < 4.78 is 5.70. The maximum absolute atomic E-state index is 12.6. The number of fused-ring (bicyclic) bond motifs is 1. The quantitative estimate of drug-likeness (QED) is 0.344. The maximum atomic E-state index is 12.6. The number of ether oxygens (including phenoxy) is 1. The van der Waals surface area contributed by atoms with Gasteiger partial charge in [-0.2, -0.15) is 0 Å². The molecule has 3 atom stereocenters. The summed E-state index contributed by atoms with van der Waals surface area (Å²) in [5, 5.41) is 11.9. The molecule has 1 amide bonds. The zero-order valence-electron chi connectivity index (χ0n) is 11.4. The summed E-state index contributed by atoms with van der Waals surface area (Å²) in [5.41, 5.74) is 5.67. The van der Waals surface area contributed by atoms with E-state index in [-0.39, 0.29) is 23.9 Å². The third-order valence-corrected chi connectivity index (χ3v) is 4.11. The van der Waals surface area contributed by atoms with Crippen LogP contribution in [0.4, 0.5) is 0 Å². The van der Waals surface area contributed by atoms with Crippen molar-refractivity contribution in [2.75, 3.05) is 13.2 Å². The molecule has 1 heterocycles. The van der Waals surface area contributed by atoms with Crippen molar-refractivity contribution in [2.24, 2.45) is 16.8 Å². The van der Waals surface area contributed by atoms with E-state index < -0.39 is 5.92 Å². The van der Waals surface area contributed by atoms with Gasteiger partial charge in [-0.05, 0) is 25.7 Å². The van der Waals surface area contributed by atoms with Gasteiger partial charge in [-0.3, -0.25) is 4.79 Å². The second-order valence-electron chi connectivity index (χ2n) is 5.31. The number of hydrogen-bond acceptors (Lipinski definition) is 4. The van der Waals surface area contributed by atoms with Crippen molar-refractivity contribution >= 4 is 11.7 Å². The van der Waals surface area contributed by atoms with E-state index in [0.29, 0.717) is 19.6 Å². The zero-order chi connectivity index (χ0) is 13.8. The van der Waals surface area contributed by atoms with Gasteiger partial charge >= 0.3 is 0 Å². The lowest BCUT2D eigenvalue weighted by molar-refractivity contribution is -0.146. The second-order valence-corrected chi connectivity index (χ2v) is 5.31. The predicted molar refractivity (Wildman–Crippen MR) is 70.9 cm³/mol. The Hall–Kier alpha value is -1.30. The molecular weight excluding hydrogens is 246 g/mol. The molecule has 2 rings (SSSR count). The van der Waals surface area contributed by atoms with E-state index >= 15 is 0 Å². The number of rotatable bonds is 4. The van der Waals surface area contributed by atoms with E-state index in [1.165, 1.54) is 0 Å². The molecule has 0 aromatic carbocycles. The predicted octanol–water partition coefficient (Wildman–Crippen LogP) is 0.929. The van der Waals surface area contributed by atoms with Crippen LogP contribution in [-0.4, -0.2) is 47.1 Å². The number of carbonyl (C=O) groups is 1. The first kappa shape index (κ1) is 14.1. The molecule has 0 radical (unpaired) electrons. The number of hydrogen-bond donors (Lipinski definition) is 2. The topological polar surface area (TPSA) is 88.2 Å². The smallest absolute Gasteiger partial charge is 0.233 e. The summed E-state index contributed by atoms with van der Waals surface area (Å²) in [4.78, 5) is 14.5. The van der Waals surface area contributed by atoms with E-state index in [4.69, 9.17) is 15.7 Å². The van der Waals surface area contributed by atoms with Gasteiger partial charge < -0.3 is 20.6 Å². The van der Waals surface area contributed by atoms with Crippen LogP contribution in [0.25, 0.3) is 0 Å². The van der Waals surface area contributed by atoms with Gasteiger partial charge in [0.25, 0.3) is 0 Å². The van der Waals surface area contributed by atoms with Crippen molar-refractivity contribution in [3.8, 4) is 0 Å². The van der Waals surface area contributed by atoms with Crippen molar-refractivity contribution in [2.45, 2.75) is 51.2 Å². The molecule has 6 nitrogen and oxygen atoms in total. The summed E-state index contributed by atoms with van der Waals surface area (Å²) in [6.45, 7) is 3.18. The van der Waals surface area contributed by atoms with Crippen LogP contribution in [0.5, 0.6) is 0 Å². The third-order valence-electron chi connectivity index (χ3n) is 4.11. The van der Waals surface area contributed by atoms with Crippen LogP contribution >= 0.6 is 0 Å². The molecule has 2 fully saturated rings. The molecule has 3 N–H and O–H groups in total. The first-order valence-electron chi connectivity index (χ1n) is 7.08. The Labute approximate surface area is 113 Å². The Balaban J connectivity index is 2.11. The van der Waals surface area contributed by atoms with Crippen LogP contribution in [0.15, 0.2) is 5.16 Å². The highest BCUT2D eigenvalue weighted by Crippen LogP contribution is 2.31. The van der Waals surface area contributed by atoms with Crippen molar-refractivity contribution in [1.29, 1.82) is 0 Å². The van der Waals surface area contributed by atoms with E-state index in [1.54, 1.807) is 0 Å². The van der Waals surface area contributed by atoms with Gasteiger partial charge in [-0.1, -0.05) is 18.5 Å². The Morgan fingerprint density at radius 2 is 2.37 bits per heavy atom. The Morgan fingerprint density at radius 1 is 1.58 bits per heavy atom. The fraction of sp³-hybridized carbons (Fsp3) is 0.846. The highest BCUT2D eigenvalue weighted by molar-refractivity contribution is 6.02. The van der Waals surface area contributed by atoms with E-state index in [2.05, 4.69) is 5.16 Å². The largest absolute Gasteiger partial charge is 0.409 e. The molecule has 1 aliphatic heterocycles. The Morgan fingerprint density at radius 3 is 3.05 bits per heavy atom. The zero-order valence-corrected chi connectivity index (χ0v) is 11.4. The number of nitrogens with two attached hydrogens (primary N) is 1. The van der Waals surface area contributed by atoms with E-state index in [0.717, 1.165) is 25.7 Å². The molecule has 1 aliphatic carbocycles. The Bertz CT molecular complexity index is 359. The van der Waals surface area contributed by atoms with Crippen molar-refractivity contribution in [1.82, 2.24) is 4.90 Å². The fourth-order valence-electron chi connectivity index (χ4n) is 3.16. The summed E-state index contributed by atoms with van der Waals surface area (Å²) >= 11 is 0. The van der Waals surface area contributed by atoms with Gasteiger partial charge in [0.05, 0.1) is 24.7 Å². The summed E-state index contributed by atoms with van der Waals surface area (Å²) in [7, 11) is 0. The van der Waals surface area contributed by atoms with Crippen molar-refractivity contribution in [3.63, 3.8) is 0 Å². The van der Waals surface area contributed by atoms with Gasteiger partial charge in [-0.25, -0.2) is 0 Å². The van der Waals surface area contributed by atoms with E-state index in [1.807, 2.05) is 11.8 Å². The average Bonchev–Trinajstić information content (AvgIpc) is 2.91. The molecule has 0 aromatic rings. The van der Waals surface area contributed by atoms with Crippen molar-refractivity contribution < 1.29 is 14.7 Å². The molecular formula is C13H23N3O3. The number of amides is 1. The van der Waals surface area contributed by atoms with Crippen LogP contribution < -0.4 is 5.73 Å². The number of amidine groups is 1. The normalized spacial score (nSPS) is 29.1. The maximum Gasteiger partial charge on any atom is 0.233 e. The second kappa shape index (κ2) is 6.23. The minimum atomic E-state index is -0.505. The minimum absolute atomic E-state index is 0.0163. The lowest BCUT2D eigenvalue weighted by atomic mass is 9.98. The van der Waals surface area contributed by atoms with Gasteiger partial charge in [0.2, 0.25) is 5.91 Å². The van der Waals surface area contributed by atoms with Gasteiger partial charge in [0.15, 0.2) is 5.84 Å². The minimum Gasteiger partial charge on any atom is -0.409 e. The standard InChI is InChI=1S/C13H23N3O3/c1-2-4-9(12(14)15-18)13(17)16-7-8-19-11-6-3-5-10(11)16/h9-11,18H,2-8H2,1H3,(H2,14,15). The van der Waals surface area contributed by atoms with Crippen LogP contribution in [0.1, 0.15) is 39.0 Å². The molecule has 2 aliphatic rings. The molecule has 1 saturated carbocycles. The van der Waals surface area contributed by atoms with E-state index in [9.17, 15) is 4.79 Å². The molecule has 1 saturated heterocycles. The highest BCUT2D eigenvalue weighted by Gasteiger charge is 2.40. The first-order valence-corrected chi connectivity index (χ1v) is 7.08. The van der Waals surface area contributed by atoms with Gasteiger partial charge in [0.1, 0.15) is 0 Å². The van der Waals surface area contributed by atoms with Gasteiger partial charge in [-0.15, -0.1) is 0 Å². The van der Waals surface area contributed by atoms with Crippen LogP contribution in [-0.2, 0) is 9.53 Å². The number of nitrogens with zero attached hydrogens (tertiary/aromatic N) is 2.